The van der Waals surface area contributed by atoms with E-state index in [0.29, 0.717) is 30.4 Å². The van der Waals surface area contributed by atoms with E-state index in [4.69, 9.17) is 4.74 Å². The first kappa shape index (κ1) is 24.1. The maximum Gasteiger partial charge on any atom is 0.387 e. The van der Waals surface area contributed by atoms with E-state index in [1.165, 1.54) is 6.07 Å². The monoisotopic (exact) mass is 551 g/mol. The molecule has 0 radical (unpaired) electrons. The van der Waals surface area contributed by atoms with Crippen LogP contribution in [0.2, 0.25) is 0 Å². The molecule has 3 rings (SSSR count). The highest BCUT2D eigenvalue weighted by Gasteiger charge is 2.12. The minimum absolute atomic E-state index is 0. The molecule has 3 aromatic rings. The summed E-state index contributed by atoms with van der Waals surface area (Å²) in [6.45, 7) is 0.308. The minimum atomic E-state index is -2.91. The summed E-state index contributed by atoms with van der Waals surface area (Å²) < 4.78 is 37.7. The normalized spacial score (nSPS) is 11.4. The second-order valence-corrected chi connectivity index (χ2v) is 6.97. The lowest BCUT2D eigenvalue weighted by Gasteiger charge is -2.15. The summed E-state index contributed by atoms with van der Waals surface area (Å²) in [4.78, 5) is 9.57. The fraction of sp³-hybridized carbons (Fsp3) is 0.368. The van der Waals surface area contributed by atoms with E-state index >= 15 is 0 Å². The number of aliphatic imine (C=N–C) groups is 1. The largest absolute Gasteiger partial charge is 0.493 e. The zero-order valence-electron chi connectivity index (χ0n) is 16.6. The van der Waals surface area contributed by atoms with Gasteiger partial charge in [0.1, 0.15) is 11.5 Å². The van der Waals surface area contributed by atoms with Crippen LogP contribution < -0.4 is 20.1 Å². The van der Waals surface area contributed by atoms with Crippen LogP contribution in [0.5, 0.6) is 11.5 Å². The molecule has 0 aliphatic rings. The SMILES string of the molecule is CCCOc1ccc(CNC(=NC)NCc2cn3ccsc3n2)c(OC(F)F)c1.I. The predicted molar refractivity (Wildman–Crippen MR) is 124 cm³/mol. The van der Waals surface area contributed by atoms with Crippen molar-refractivity contribution in [2.24, 2.45) is 4.99 Å². The Morgan fingerprint density at radius 1 is 1.30 bits per heavy atom. The van der Waals surface area contributed by atoms with Gasteiger partial charge in [-0.1, -0.05) is 6.92 Å². The predicted octanol–water partition coefficient (Wildman–Crippen LogP) is 4.27. The van der Waals surface area contributed by atoms with Gasteiger partial charge in [-0.05, 0) is 18.6 Å². The van der Waals surface area contributed by atoms with Crippen LogP contribution >= 0.6 is 35.3 Å². The van der Waals surface area contributed by atoms with Crippen molar-refractivity contribution in [1.82, 2.24) is 20.0 Å². The average Bonchev–Trinajstić information content (AvgIpc) is 3.29. The molecule has 0 saturated carbocycles. The fourth-order valence-electron chi connectivity index (χ4n) is 2.63. The maximum absolute atomic E-state index is 12.8. The number of alkyl halides is 2. The molecule has 0 aliphatic heterocycles. The molecule has 2 aromatic heterocycles. The van der Waals surface area contributed by atoms with E-state index in [1.54, 1.807) is 30.5 Å². The van der Waals surface area contributed by atoms with Crippen LogP contribution in [0.15, 0.2) is 41.0 Å². The summed E-state index contributed by atoms with van der Waals surface area (Å²) in [6.07, 6.45) is 4.71. The Bertz CT molecular complexity index is 935. The van der Waals surface area contributed by atoms with Gasteiger partial charge >= 0.3 is 6.61 Å². The van der Waals surface area contributed by atoms with Gasteiger partial charge in [-0.3, -0.25) is 9.39 Å². The zero-order valence-corrected chi connectivity index (χ0v) is 19.7. The molecule has 2 N–H and O–H groups in total. The van der Waals surface area contributed by atoms with Crippen molar-refractivity contribution in [1.29, 1.82) is 0 Å². The number of hydrogen-bond donors (Lipinski definition) is 2. The molecule has 1 aromatic carbocycles. The lowest BCUT2D eigenvalue weighted by atomic mass is 10.2. The number of nitrogens with zero attached hydrogens (tertiary/aromatic N) is 3. The van der Waals surface area contributed by atoms with Gasteiger partial charge in [-0.25, -0.2) is 4.98 Å². The molecule has 2 heterocycles. The van der Waals surface area contributed by atoms with Crippen LogP contribution in [-0.4, -0.2) is 35.6 Å². The summed E-state index contributed by atoms with van der Waals surface area (Å²) >= 11 is 1.56. The number of ether oxygens (including phenoxy) is 2. The smallest absolute Gasteiger partial charge is 0.387 e. The van der Waals surface area contributed by atoms with E-state index in [-0.39, 0.29) is 36.3 Å². The summed E-state index contributed by atoms with van der Waals surface area (Å²) in [5.74, 6) is 1.09. The summed E-state index contributed by atoms with van der Waals surface area (Å²) in [5.41, 5.74) is 1.44. The highest BCUT2D eigenvalue weighted by Crippen LogP contribution is 2.26. The first-order chi connectivity index (χ1) is 14.1. The first-order valence-electron chi connectivity index (χ1n) is 9.15. The van der Waals surface area contributed by atoms with Crippen molar-refractivity contribution < 1.29 is 18.3 Å². The Hall–Kier alpha value is -2.15. The zero-order chi connectivity index (χ0) is 20.6. The quantitative estimate of drug-likeness (QED) is 0.236. The molecule has 11 heteroatoms. The number of aromatic nitrogens is 2. The first-order valence-corrected chi connectivity index (χ1v) is 10.0. The van der Waals surface area contributed by atoms with Gasteiger partial charge in [0.15, 0.2) is 10.9 Å². The van der Waals surface area contributed by atoms with Crippen molar-refractivity contribution in [2.75, 3.05) is 13.7 Å². The minimum Gasteiger partial charge on any atom is -0.493 e. The van der Waals surface area contributed by atoms with E-state index in [2.05, 4.69) is 25.3 Å². The number of guanidine groups is 1. The third kappa shape index (κ3) is 6.69. The summed E-state index contributed by atoms with van der Waals surface area (Å²) in [7, 11) is 1.64. The second-order valence-electron chi connectivity index (χ2n) is 6.10. The molecule has 0 bridgehead atoms. The Morgan fingerprint density at radius 3 is 2.80 bits per heavy atom. The molecule has 30 heavy (non-hydrogen) atoms. The summed E-state index contributed by atoms with van der Waals surface area (Å²) in [5, 5.41) is 8.23. The summed E-state index contributed by atoms with van der Waals surface area (Å²) in [6, 6.07) is 4.92. The number of benzene rings is 1. The van der Waals surface area contributed by atoms with Gasteiger partial charge in [0.25, 0.3) is 0 Å². The van der Waals surface area contributed by atoms with E-state index in [0.717, 1.165) is 17.1 Å². The number of imidazole rings is 1. The number of rotatable bonds is 9. The number of thiazole rings is 1. The van der Waals surface area contributed by atoms with Crippen molar-refractivity contribution in [3.63, 3.8) is 0 Å². The van der Waals surface area contributed by atoms with Gasteiger partial charge in [-0.15, -0.1) is 35.3 Å². The molecule has 0 unspecified atom stereocenters. The molecule has 0 atom stereocenters. The third-order valence-corrected chi connectivity index (χ3v) is 4.75. The average molecular weight is 551 g/mol. The molecule has 0 saturated heterocycles. The number of hydrogen-bond acceptors (Lipinski definition) is 5. The van der Waals surface area contributed by atoms with E-state index in [1.807, 2.05) is 29.1 Å². The standard InChI is InChI=1S/C19H23F2N5O2S.HI/c1-3-7-27-15-5-4-13(16(9-15)28-17(20)21)10-23-18(22-2)24-11-14-12-26-6-8-29-19(26)25-14;/h4-6,8-9,12,17H,3,7,10-11H2,1-2H3,(H2,22,23,24);1H. The molecule has 0 fully saturated rings. The van der Waals surface area contributed by atoms with E-state index in [9.17, 15) is 8.78 Å². The number of halogens is 3. The van der Waals surface area contributed by atoms with Crippen molar-refractivity contribution in [2.45, 2.75) is 33.0 Å². The van der Waals surface area contributed by atoms with Crippen LogP contribution in [0.1, 0.15) is 24.6 Å². The maximum atomic E-state index is 12.8. The molecule has 0 spiro atoms. The van der Waals surface area contributed by atoms with E-state index < -0.39 is 6.61 Å². The molecular formula is C19H24F2IN5O2S. The lowest BCUT2D eigenvalue weighted by Crippen LogP contribution is -2.36. The van der Waals surface area contributed by atoms with Crippen LogP contribution in [0.4, 0.5) is 8.78 Å². The molecule has 7 nitrogen and oxygen atoms in total. The van der Waals surface area contributed by atoms with Gasteiger partial charge in [-0.2, -0.15) is 8.78 Å². The lowest BCUT2D eigenvalue weighted by molar-refractivity contribution is -0.0505. The fourth-order valence-corrected chi connectivity index (χ4v) is 3.35. The van der Waals surface area contributed by atoms with Gasteiger partial charge < -0.3 is 20.1 Å². The molecule has 0 aliphatic carbocycles. The molecule has 164 valence electrons. The van der Waals surface area contributed by atoms with Crippen molar-refractivity contribution in [3.05, 3.63) is 47.2 Å². The highest BCUT2D eigenvalue weighted by molar-refractivity contribution is 14.0. The Kier molecular flexibility index (Phi) is 9.56. The second kappa shape index (κ2) is 11.9. The van der Waals surface area contributed by atoms with Crippen molar-refractivity contribution in [3.8, 4) is 11.5 Å². The van der Waals surface area contributed by atoms with Crippen molar-refractivity contribution >= 4 is 46.2 Å². The Labute approximate surface area is 194 Å². The van der Waals surface area contributed by atoms with Gasteiger partial charge in [0.05, 0.1) is 18.8 Å². The van der Waals surface area contributed by atoms with Crippen LogP contribution in [0, 0.1) is 0 Å². The van der Waals surface area contributed by atoms with Crippen LogP contribution in [-0.2, 0) is 13.1 Å². The Morgan fingerprint density at radius 2 is 2.10 bits per heavy atom. The number of fused-ring (bicyclic) bond motifs is 1. The van der Waals surface area contributed by atoms with Gasteiger partial charge in [0, 0.05) is 43.0 Å². The molecule has 0 amide bonds. The topological polar surface area (TPSA) is 72.2 Å². The molecular weight excluding hydrogens is 527 g/mol. The third-order valence-electron chi connectivity index (χ3n) is 3.98. The Balaban J connectivity index is 0.00000320. The highest BCUT2D eigenvalue weighted by atomic mass is 127. The van der Waals surface area contributed by atoms with Crippen LogP contribution in [0.25, 0.3) is 4.96 Å². The van der Waals surface area contributed by atoms with Crippen LogP contribution in [0.3, 0.4) is 0 Å². The van der Waals surface area contributed by atoms with Gasteiger partial charge in [0.2, 0.25) is 0 Å². The number of nitrogens with one attached hydrogen (secondary N) is 2.